The van der Waals surface area contributed by atoms with Gasteiger partial charge in [-0.2, -0.15) is 0 Å². The van der Waals surface area contributed by atoms with E-state index in [0.717, 1.165) is 37.8 Å². The third-order valence-corrected chi connectivity index (χ3v) is 6.48. The maximum Gasteiger partial charge on any atom is 0.573 e. The summed E-state index contributed by atoms with van der Waals surface area (Å²) in [5, 5.41) is 9.04. The molecule has 1 heterocycles. The zero-order valence-corrected chi connectivity index (χ0v) is 20.4. The van der Waals surface area contributed by atoms with Crippen LogP contribution < -0.4 is 20.7 Å². The summed E-state index contributed by atoms with van der Waals surface area (Å²) in [6, 6.07) is 3.61. The molecule has 1 saturated heterocycles. The largest absolute Gasteiger partial charge is 0.573 e. The smallest absolute Gasteiger partial charge is 0.406 e. The summed E-state index contributed by atoms with van der Waals surface area (Å²) < 4.78 is 41.5. The van der Waals surface area contributed by atoms with Crippen LogP contribution in [0.4, 0.5) is 23.7 Å². The molecule has 0 bridgehead atoms. The van der Waals surface area contributed by atoms with E-state index in [0.29, 0.717) is 5.69 Å². The first-order valence-corrected chi connectivity index (χ1v) is 12.4. The molecule has 0 spiro atoms. The maximum atomic E-state index is 12.8. The lowest BCUT2D eigenvalue weighted by molar-refractivity contribution is -0.274. The zero-order chi connectivity index (χ0) is 24.7. The molecule has 6 nitrogen and oxygen atoms in total. The number of aryl methyl sites for hydroxylation is 1. The van der Waals surface area contributed by atoms with Crippen LogP contribution in [0, 0.1) is 6.92 Å². The van der Waals surface area contributed by atoms with Crippen LogP contribution in [-0.4, -0.2) is 35.1 Å². The molecule has 3 rings (SSSR count). The van der Waals surface area contributed by atoms with Gasteiger partial charge in [-0.05, 0) is 69.7 Å². The van der Waals surface area contributed by atoms with E-state index in [9.17, 15) is 18.0 Å². The molecule has 1 aliphatic heterocycles. The molecule has 2 aliphatic rings. The summed E-state index contributed by atoms with van der Waals surface area (Å²) in [5.74, 6) is -0.305. The highest BCUT2D eigenvalue weighted by Gasteiger charge is 2.35. The minimum atomic E-state index is -4.77. The highest BCUT2D eigenvalue weighted by atomic mass is 35.5. The monoisotopic (exact) mass is 502 g/mol. The Morgan fingerprint density at radius 1 is 1.18 bits per heavy atom. The maximum absolute atomic E-state index is 12.8. The van der Waals surface area contributed by atoms with Crippen LogP contribution in [0.5, 0.6) is 5.75 Å². The topological polar surface area (TPSA) is 65.6 Å². The number of halogens is 4. The number of ether oxygens (including phenoxy) is 1. The van der Waals surface area contributed by atoms with Crippen molar-refractivity contribution in [1.29, 1.82) is 0 Å². The number of carbonyl (C=O) groups is 1. The predicted molar refractivity (Wildman–Crippen MR) is 128 cm³/mol. The second kappa shape index (κ2) is 12.0. The number of urea groups is 1. The van der Waals surface area contributed by atoms with Crippen molar-refractivity contribution in [2.45, 2.75) is 95.8 Å². The Kier molecular flexibility index (Phi) is 9.36. The fraction of sp³-hybridized carbons (Fsp3) is 0.625. The van der Waals surface area contributed by atoms with Gasteiger partial charge in [0.25, 0.3) is 0 Å². The number of hydrogen-bond acceptors (Lipinski definition) is 4. The van der Waals surface area contributed by atoms with Gasteiger partial charge in [0.05, 0.1) is 0 Å². The van der Waals surface area contributed by atoms with Crippen LogP contribution in [0.3, 0.4) is 0 Å². The van der Waals surface area contributed by atoms with Gasteiger partial charge in [-0.25, -0.2) is 4.79 Å². The molecule has 190 valence electrons. The lowest BCUT2D eigenvalue weighted by Crippen LogP contribution is -2.65. The lowest BCUT2D eigenvalue weighted by atomic mass is 10.0. The quantitative estimate of drug-likeness (QED) is 0.322. The molecule has 1 aromatic rings. The van der Waals surface area contributed by atoms with E-state index in [4.69, 9.17) is 11.6 Å². The van der Waals surface area contributed by atoms with Gasteiger partial charge >= 0.3 is 12.4 Å². The number of nitrogens with zero attached hydrogens (tertiary/aromatic N) is 1. The number of carbonyl (C=O) groups excluding carboxylic acids is 1. The zero-order valence-electron chi connectivity index (χ0n) is 19.7. The van der Waals surface area contributed by atoms with Crippen molar-refractivity contribution in [2.24, 2.45) is 0 Å². The summed E-state index contributed by atoms with van der Waals surface area (Å²) in [6.45, 7) is 3.50. The first kappa shape index (κ1) is 26.5. The molecule has 3 atom stereocenters. The van der Waals surface area contributed by atoms with Crippen LogP contribution in [0.25, 0.3) is 0 Å². The summed E-state index contributed by atoms with van der Waals surface area (Å²) in [4.78, 5) is 14.9. The summed E-state index contributed by atoms with van der Waals surface area (Å²) in [7, 11) is 0. The first-order valence-electron chi connectivity index (χ1n) is 11.9. The number of hydrogen-bond donors (Lipinski definition) is 3. The van der Waals surface area contributed by atoms with E-state index in [1.54, 1.807) is 0 Å². The van der Waals surface area contributed by atoms with E-state index < -0.39 is 18.7 Å². The van der Waals surface area contributed by atoms with E-state index in [1.165, 1.54) is 50.8 Å². The minimum absolute atomic E-state index is 0.102. The molecule has 1 aromatic carbocycles. The number of allylic oxidation sites excluding steroid dienone is 2. The van der Waals surface area contributed by atoms with Crippen molar-refractivity contribution in [3.8, 4) is 5.75 Å². The summed E-state index contributed by atoms with van der Waals surface area (Å²) in [5.41, 5.74) is 1.49. The normalized spacial score (nSPS) is 26.2. The van der Waals surface area contributed by atoms with Gasteiger partial charge in [0.2, 0.25) is 0 Å². The second-order valence-electron chi connectivity index (χ2n) is 9.03. The molecule has 3 N–H and O–H groups in total. The van der Waals surface area contributed by atoms with Gasteiger partial charge in [-0.3, -0.25) is 5.32 Å². The van der Waals surface area contributed by atoms with Crippen molar-refractivity contribution in [3.05, 3.63) is 35.5 Å². The lowest BCUT2D eigenvalue weighted by Gasteiger charge is -2.45. The molecule has 3 unspecified atom stereocenters. The Hall–Kier alpha value is -2.13. The van der Waals surface area contributed by atoms with Crippen LogP contribution in [-0.2, 0) is 0 Å². The Labute approximate surface area is 204 Å². The molecule has 10 heteroatoms. The van der Waals surface area contributed by atoms with Crippen molar-refractivity contribution in [1.82, 2.24) is 15.5 Å². The van der Waals surface area contributed by atoms with Crippen LogP contribution >= 0.6 is 11.6 Å². The third-order valence-electron chi connectivity index (χ3n) is 6.10. The van der Waals surface area contributed by atoms with Crippen molar-refractivity contribution in [3.63, 3.8) is 0 Å². The molecule has 2 amide bonds. The SMILES string of the molecule is Cc1cc(NC(=O)NC2NC(C)CC(Cl)N2/C2=C/CCCCCCCC2)ccc1OC(F)(F)F. The van der Waals surface area contributed by atoms with Crippen LogP contribution in [0.15, 0.2) is 30.0 Å². The Bertz CT molecular complexity index is 865. The van der Waals surface area contributed by atoms with Crippen LogP contribution in [0.1, 0.15) is 70.3 Å². The van der Waals surface area contributed by atoms with E-state index in [-0.39, 0.29) is 22.9 Å². The number of nitrogens with one attached hydrogen (secondary N) is 3. The Balaban J connectivity index is 1.70. The van der Waals surface area contributed by atoms with Crippen molar-refractivity contribution >= 4 is 23.3 Å². The van der Waals surface area contributed by atoms with Crippen LogP contribution in [0.2, 0.25) is 0 Å². The van der Waals surface area contributed by atoms with E-state index >= 15 is 0 Å². The summed E-state index contributed by atoms with van der Waals surface area (Å²) >= 11 is 6.77. The van der Waals surface area contributed by atoms with Crippen molar-refractivity contribution < 1.29 is 22.7 Å². The van der Waals surface area contributed by atoms with Gasteiger partial charge in [0.1, 0.15) is 11.3 Å². The number of amides is 2. The van der Waals surface area contributed by atoms with E-state index in [1.807, 2.05) is 11.8 Å². The number of rotatable bonds is 4. The minimum Gasteiger partial charge on any atom is -0.406 e. The second-order valence-corrected chi connectivity index (χ2v) is 9.53. The van der Waals surface area contributed by atoms with Crippen molar-refractivity contribution in [2.75, 3.05) is 5.32 Å². The molecule has 1 aliphatic carbocycles. The molecule has 1 fully saturated rings. The average molecular weight is 503 g/mol. The summed E-state index contributed by atoms with van der Waals surface area (Å²) in [6.07, 6.45) is 6.71. The standard InChI is InChI=1S/C24H34ClF3N4O2/c1-16-14-18(12-13-20(16)34-24(26,27)28)30-23(33)31-22-29-17(2)15-21(25)32(22)19-10-8-6-4-3-5-7-9-11-19/h10,12-14,17,21-22,29H,3-9,11,15H2,1-2H3,(H2,30,31,33)/b19-10+. The van der Waals surface area contributed by atoms with Gasteiger partial charge in [-0.15, -0.1) is 13.2 Å². The Morgan fingerprint density at radius 2 is 1.88 bits per heavy atom. The van der Waals surface area contributed by atoms with Gasteiger partial charge in [0.15, 0.2) is 6.29 Å². The molecule has 0 aromatic heterocycles. The van der Waals surface area contributed by atoms with Gasteiger partial charge in [-0.1, -0.05) is 43.4 Å². The molecular formula is C24H34ClF3N4O2. The fourth-order valence-electron chi connectivity index (χ4n) is 4.46. The molecule has 34 heavy (non-hydrogen) atoms. The predicted octanol–water partition coefficient (Wildman–Crippen LogP) is 6.57. The molecule has 0 saturated carbocycles. The van der Waals surface area contributed by atoms with E-state index in [2.05, 4.69) is 26.8 Å². The van der Waals surface area contributed by atoms with Gasteiger partial charge in [0, 0.05) is 17.4 Å². The number of benzene rings is 1. The highest BCUT2D eigenvalue weighted by Crippen LogP contribution is 2.30. The molecular weight excluding hydrogens is 469 g/mol. The number of alkyl halides is 4. The third kappa shape index (κ3) is 7.98. The highest BCUT2D eigenvalue weighted by molar-refractivity contribution is 6.20. The Morgan fingerprint density at radius 3 is 2.59 bits per heavy atom. The van der Waals surface area contributed by atoms with Gasteiger partial charge < -0.3 is 20.3 Å². The fourth-order valence-corrected chi connectivity index (χ4v) is 4.97. The number of anilines is 1. The average Bonchev–Trinajstić information content (AvgIpc) is 2.73. The first-order chi connectivity index (χ1) is 16.1. The molecule has 0 radical (unpaired) electrons.